The van der Waals surface area contributed by atoms with Crippen molar-refractivity contribution in [3.63, 3.8) is 0 Å². The first-order valence-corrected chi connectivity index (χ1v) is 6.85. The van der Waals surface area contributed by atoms with Crippen LogP contribution in [0.1, 0.15) is 25.0 Å². The Balaban J connectivity index is 2.50. The highest BCUT2D eigenvalue weighted by atomic mass is 35.5. The Morgan fingerprint density at radius 1 is 1.15 bits per heavy atom. The van der Waals surface area contributed by atoms with Crippen LogP contribution in [0.5, 0.6) is 0 Å². The Morgan fingerprint density at radius 2 is 1.75 bits per heavy atom. The Hall–Kier alpha value is -1.30. The van der Waals surface area contributed by atoms with Crippen molar-refractivity contribution in [1.82, 2.24) is 10.6 Å². The summed E-state index contributed by atoms with van der Waals surface area (Å²) in [5.41, 5.74) is 0.454. The summed E-state index contributed by atoms with van der Waals surface area (Å²) in [6.45, 7) is 2.17. The number of amides is 2. The van der Waals surface area contributed by atoms with Crippen LogP contribution < -0.4 is 10.6 Å². The molecule has 0 fully saturated rings. The molecule has 0 aliphatic heterocycles. The van der Waals surface area contributed by atoms with E-state index < -0.39 is 12.0 Å². The summed E-state index contributed by atoms with van der Waals surface area (Å²) in [6.07, 6.45) is -1.20. The number of halogens is 2. The van der Waals surface area contributed by atoms with E-state index in [0.29, 0.717) is 22.2 Å². The molecule has 0 spiro atoms. The molecule has 1 unspecified atom stereocenters. The second-order valence-electron chi connectivity index (χ2n) is 4.15. The minimum Gasteiger partial charge on any atom is -0.388 e. The smallest absolute Gasteiger partial charge is 0.239 e. The molecule has 1 aromatic rings. The quantitative estimate of drug-likeness (QED) is 0.746. The second kappa shape index (κ2) is 8.09. The van der Waals surface area contributed by atoms with Gasteiger partial charge in [-0.3, -0.25) is 9.59 Å². The number of hydrogen-bond donors (Lipinski definition) is 3. The molecule has 0 saturated heterocycles. The fourth-order valence-electron chi connectivity index (χ4n) is 1.57. The van der Waals surface area contributed by atoms with E-state index in [1.165, 1.54) is 18.2 Å². The molecular weight excluding hydrogens is 303 g/mol. The molecule has 3 N–H and O–H groups in total. The van der Waals surface area contributed by atoms with E-state index in [2.05, 4.69) is 10.6 Å². The highest BCUT2D eigenvalue weighted by Crippen LogP contribution is 2.25. The zero-order valence-corrected chi connectivity index (χ0v) is 12.5. The van der Waals surface area contributed by atoms with Gasteiger partial charge < -0.3 is 15.7 Å². The van der Waals surface area contributed by atoms with E-state index in [0.717, 1.165) is 0 Å². The van der Waals surface area contributed by atoms with Crippen LogP contribution in [0.4, 0.5) is 0 Å². The summed E-state index contributed by atoms with van der Waals surface area (Å²) in [5.74, 6) is -0.707. The Morgan fingerprint density at radius 3 is 2.30 bits per heavy atom. The fourth-order valence-corrected chi connectivity index (χ4v) is 2.11. The van der Waals surface area contributed by atoms with Gasteiger partial charge in [0.1, 0.15) is 0 Å². The first kappa shape index (κ1) is 16.8. The van der Waals surface area contributed by atoms with Gasteiger partial charge in [-0.2, -0.15) is 0 Å². The van der Waals surface area contributed by atoms with E-state index in [4.69, 9.17) is 23.2 Å². The Bertz CT molecular complexity index is 474. The number of benzene rings is 1. The van der Waals surface area contributed by atoms with E-state index in [1.54, 1.807) is 6.92 Å². The van der Waals surface area contributed by atoms with Crippen molar-refractivity contribution in [2.45, 2.75) is 19.4 Å². The molecule has 0 saturated carbocycles. The molecule has 1 rings (SSSR count). The Kier molecular flexibility index (Phi) is 6.78. The largest absolute Gasteiger partial charge is 0.388 e. The summed E-state index contributed by atoms with van der Waals surface area (Å²) >= 11 is 11.6. The standard InChI is InChI=1S/C13H16Cl2N2O3/c1-2-16-13(20)7-17-12(19)6-11(18)8-3-9(14)5-10(15)4-8/h3-5,11,18H,2,6-7H2,1H3,(H,16,20)(H,17,19). The molecule has 0 heterocycles. The normalized spacial score (nSPS) is 11.8. The lowest BCUT2D eigenvalue weighted by molar-refractivity contribution is -0.127. The van der Waals surface area contributed by atoms with Crippen LogP contribution in [0.3, 0.4) is 0 Å². The van der Waals surface area contributed by atoms with Crippen molar-refractivity contribution in [2.24, 2.45) is 0 Å². The van der Waals surface area contributed by atoms with Crippen LogP contribution in [-0.4, -0.2) is 30.0 Å². The number of carbonyl (C=O) groups excluding carboxylic acids is 2. The molecule has 1 aromatic carbocycles. The monoisotopic (exact) mass is 318 g/mol. The number of aliphatic hydroxyl groups is 1. The van der Waals surface area contributed by atoms with Crippen LogP contribution in [0.25, 0.3) is 0 Å². The van der Waals surface area contributed by atoms with Crippen LogP contribution in [0.2, 0.25) is 10.0 Å². The van der Waals surface area contributed by atoms with Gasteiger partial charge >= 0.3 is 0 Å². The predicted molar refractivity (Wildman–Crippen MR) is 77.7 cm³/mol. The third-order valence-corrected chi connectivity index (χ3v) is 2.90. The van der Waals surface area contributed by atoms with Gasteiger partial charge in [0, 0.05) is 16.6 Å². The maximum Gasteiger partial charge on any atom is 0.239 e. The van der Waals surface area contributed by atoms with Crippen LogP contribution >= 0.6 is 23.2 Å². The maximum atomic E-state index is 11.6. The summed E-state index contributed by atoms with van der Waals surface area (Å²) in [6, 6.07) is 4.61. The minimum atomic E-state index is -1.03. The van der Waals surface area contributed by atoms with E-state index >= 15 is 0 Å². The summed E-state index contributed by atoms with van der Waals surface area (Å²) in [4.78, 5) is 22.8. The number of likely N-dealkylation sites (N-methyl/N-ethyl adjacent to an activating group) is 1. The minimum absolute atomic E-state index is 0.115. The average Bonchev–Trinajstić information content (AvgIpc) is 2.35. The molecule has 0 aliphatic rings. The van der Waals surface area contributed by atoms with Crippen LogP contribution in [0.15, 0.2) is 18.2 Å². The first-order valence-electron chi connectivity index (χ1n) is 6.09. The van der Waals surface area contributed by atoms with E-state index in [1.807, 2.05) is 0 Å². The van der Waals surface area contributed by atoms with Crippen LogP contribution in [0, 0.1) is 0 Å². The number of hydrogen-bond acceptors (Lipinski definition) is 3. The number of carbonyl (C=O) groups is 2. The van der Waals surface area contributed by atoms with Gasteiger partial charge in [-0.15, -0.1) is 0 Å². The van der Waals surface area contributed by atoms with E-state index in [9.17, 15) is 14.7 Å². The lowest BCUT2D eigenvalue weighted by atomic mass is 10.1. The molecule has 1 atom stereocenters. The van der Waals surface area contributed by atoms with Crippen molar-refractivity contribution in [2.75, 3.05) is 13.1 Å². The topological polar surface area (TPSA) is 78.4 Å². The highest BCUT2D eigenvalue weighted by molar-refractivity contribution is 6.34. The highest BCUT2D eigenvalue weighted by Gasteiger charge is 2.14. The first-order chi connectivity index (χ1) is 9.42. The zero-order valence-electron chi connectivity index (χ0n) is 11.0. The second-order valence-corrected chi connectivity index (χ2v) is 5.03. The van der Waals surface area contributed by atoms with Crippen molar-refractivity contribution < 1.29 is 14.7 Å². The molecular formula is C13H16Cl2N2O3. The molecule has 20 heavy (non-hydrogen) atoms. The molecule has 5 nitrogen and oxygen atoms in total. The van der Waals surface area contributed by atoms with E-state index in [-0.39, 0.29) is 18.9 Å². The number of rotatable bonds is 6. The summed E-state index contributed by atoms with van der Waals surface area (Å²) in [5, 5.41) is 15.7. The van der Waals surface area contributed by atoms with Crippen molar-refractivity contribution >= 4 is 35.0 Å². The predicted octanol–water partition coefficient (Wildman–Crippen LogP) is 1.67. The third-order valence-electron chi connectivity index (χ3n) is 2.47. The van der Waals surface area contributed by atoms with Gasteiger partial charge in [0.15, 0.2) is 0 Å². The van der Waals surface area contributed by atoms with Gasteiger partial charge in [-0.05, 0) is 30.7 Å². The Labute approximate surface area is 127 Å². The van der Waals surface area contributed by atoms with Crippen molar-refractivity contribution in [3.05, 3.63) is 33.8 Å². The zero-order chi connectivity index (χ0) is 15.1. The molecule has 0 aliphatic carbocycles. The fraction of sp³-hybridized carbons (Fsp3) is 0.385. The van der Waals surface area contributed by atoms with Gasteiger partial charge in [-0.1, -0.05) is 23.2 Å². The molecule has 0 aromatic heterocycles. The maximum absolute atomic E-state index is 11.6. The summed E-state index contributed by atoms with van der Waals surface area (Å²) < 4.78 is 0. The number of aliphatic hydroxyl groups excluding tert-OH is 1. The van der Waals surface area contributed by atoms with Crippen molar-refractivity contribution in [1.29, 1.82) is 0 Å². The van der Waals surface area contributed by atoms with Gasteiger partial charge in [0.2, 0.25) is 11.8 Å². The lowest BCUT2D eigenvalue weighted by Gasteiger charge is -2.12. The lowest BCUT2D eigenvalue weighted by Crippen LogP contribution is -2.37. The molecule has 110 valence electrons. The SMILES string of the molecule is CCNC(=O)CNC(=O)CC(O)c1cc(Cl)cc(Cl)c1. The summed E-state index contributed by atoms with van der Waals surface area (Å²) in [7, 11) is 0. The van der Waals surface area contributed by atoms with Gasteiger partial charge in [0.25, 0.3) is 0 Å². The van der Waals surface area contributed by atoms with Crippen molar-refractivity contribution in [3.8, 4) is 0 Å². The average molecular weight is 319 g/mol. The molecule has 7 heteroatoms. The van der Waals surface area contributed by atoms with Gasteiger partial charge in [-0.25, -0.2) is 0 Å². The van der Waals surface area contributed by atoms with Gasteiger partial charge in [0.05, 0.1) is 19.1 Å². The third kappa shape index (κ3) is 5.77. The molecule has 0 bridgehead atoms. The molecule has 2 amide bonds. The van der Waals surface area contributed by atoms with Crippen LogP contribution in [-0.2, 0) is 9.59 Å². The number of nitrogens with one attached hydrogen (secondary N) is 2. The molecule has 0 radical (unpaired) electrons.